The van der Waals surface area contributed by atoms with E-state index in [0.717, 1.165) is 12.8 Å². The monoisotopic (exact) mass is 446 g/mol. The number of ether oxygens (including phenoxy) is 1. The second kappa shape index (κ2) is 9.03. The Bertz CT molecular complexity index is 564. The van der Waals surface area contributed by atoms with Crippen molar-refractivity contribution in [3.05, 3.63) is 33.1 Å². The molecule has 0 saturated carbocycles. The van der Waals surface area contributed by atoms with Crippen LogP contribution in [0, 0.1) is 0 Å². The van der Waals surface area contributed by atoms with E-state index < -0.39 is 17.0 Å². The molecule has 8 nitrogen and oxygen atoms in total. The van der Waals surface area contributed by atoms with Crippen LogP contribution in [0.2, 0.25) is 0 Å². The predicted molar refractivity (Wildman–Crippen MR) is 90.5 cm³/mol. The minimum absolute atomic E-state index is 0.00101. The summed E-state index contributed by atoms with van der Waals surface area (Å²) in [5.41, 5.74) is -0.835. The third-order valence-corrected chi connectivity index (χ3v) is 3.53. The number of hydrogen-bond donors (Lipinski definition) is 3. The van der Waals surface area contributed by atoms with Crippen LogP contribution in [0.25, 0.3) is 0 Å². The van der Waals surface area contributed by atoms with E-state index in [2.05, 4.69) is 4.98 Å². The van der Waals surface area contributed by atoms with Gasteiger partial charge in [-0.3, -0.25) is 14.3 Å². The topological polar surface area (TPSA) is 114 Å². The Kier molecular flexibility index (Phi) is 8.07. The Morgan fingerprint density at radius 2 is 2.14 bits per heavy atom. The van der Waals surface area contributed by atoms with Crippen molar-refractivity contribution in [2.24, 2.45) is 0 Å². The third kappa shape index (κ3) is 7.74. The second-order valence-corrected chi connectivity index (χ2v) is 6.59. The Morgan fingerprint density at radius 3 is 2.68 bits per heavy atom. The summed E-state index contributed by atoms with van der Waals surface area (Å²) >= 11 is 2.04. The van der Waals surface area contributed by atoms with Crippen molar-refractivity contribution in [2.75, 3.05) is 6.61 Å². The number of rotatable bonds is 4. The molecule has 2 atom stereocenters. The van der Waals surface area contributed by atoms with Gasteiger partial charge in [0.25, 0.3) is 5.56 Å². The maximum Gasteiger partial charge on any atom is 0.330 e. The van der Waals surface area contributed by atoms with Crippen LogP contribution in [0.3, 0.4) is 0 Å². The number of nitrogens with zero attached hydrogens (tertiary/aromatic N) is 1. The quantitative estimate of drug-likeness (QED) is 0.358. The van der Waals surface area contributed by atoms with Gasteiger partial charge in [-0.1, -0.05) is 0 Å². The molecule has 126 valence electrons. The molecule has 1 aromatic rings. The van der Waals surface area contributed by atoms with E-state index in [1.54, 1.807) is 0 Å². The summed E-state index contributed by atoms with van der Waals surface area (Å²) in [7, 11) is 1.26. The lowest BCUT2D eigenvalue weighted by Crippen LogP contribution is -2.31. The predicted octanol–water partition coefficient (Wildman–Crippen LogP) is 0.936. The number of nitrogens with one attached hydrogen (secondary N) is 1. The molecule has 0 amide bonds. The molecule has 1 fully saturated rings. The summed E-state index contributed by atoms with van der Waals surface area (Å²) in [5, 5.41) is 16.2. The van der Waals surface area contributed by atoms with Gasteiger partial charge in [0.1, 0.15) is 6.23 Å². The highest BCUT2D eigenvalue weighted by atomic mass is 127. The molecule has 2 unspecified atom stereocenters. The molecule has 0 aliphatic carbocycles. The highest BCUT2D eigenvalue weighted by Crippen LogP contribution is 2.28. The van der Waals surface area contributed by atoms with E-state index >= 15 is 0 Å². The van der Waals surface area contributed by atoms with Gasteiger partial charge >= 0.3 is 5.69 Å². The Balaban J connectivity index is 0.000000422. The van der Waals surface area contributed by atoms with Crippen molar-refractivity contribution in [3.63, 3.8) is 0 Å². The van der Waals surface area contributed by atoms with Crippen LogP contribution in [0.1, 0.15) is 32.9 Å². The molecule has 1 aliphatic heterocycles. The van der Waals surface area contributed by atoms with Gasteiger partial charge in [0.2, 0.25) is 0 Å². The van der Waals surface area contributed by atoms with Crippen LogP contribution < -0.4 is 11.2 Å². The van der Waals surface area contributed by atoms with E-state index in [4.69, 9.17) is 19.1 Å². The zero-order valence-corrected chi connectivity index (χ0v) is 15.2. The van der Waals surface area contributed by atoms with Gasteiger partial charge in [-0.15, -0.1) is 0 Å². The first kappa shape index (κ1) is 19.6. The summed E-state index contributed by atoms with van der Waals surface area (Å²) in [6.45, 7) is 3.10. The minimum Gasteiger partial charge on any atom is -0.366 e. The molecule has 0 aromatic carbocycles. The number of halogens is 1. The molecule has 1 saturated heterocycles. The van der Waals surface area contributed by atoms with Crippen molar-refractivity contribution >= 4 is 30.4 Å². The average molecular weight is 446 g/mol. The van der Waals surface area contributed by atoms with Crippen molar-refractivity contribution < 1.29 is 19.1 Å². The van der Waals surface area contributed by atoms with E-state index in [-0.39, 0.29) is 12.3 Å². The summed E-state index contributed by atoms with van der Waals surface area (Å²) in [6.07, 6.45) is 2.73. The average Bonchev–Trinajstić information content (AvgIpc) is 2.83. The van der Waals surface area contributed by atoms with Crippen molar-refractivity contribution in [1.29, 1.82) is 0 Å². The van der Waals surface area contributed by atoms with Crippen molar-refractivity contribution in [2.45, 2.75) is 44.8 Å². The van der Waals surface area contributed by atoms with Gasteiger partial charge in [-0.25, -0.2) is 4.79 Å². The molecule has 2 heterocycles. The van der Waals surface area contributed by atoms with E-state index in [1.807, 2.05) is 21.2 Å². The lowest BCUT2D eigenvalue weighted by Gasteiger charge is -2.14. The van der Waals surface area contributed by atoms with E-state index in [0.29, 0.717) is 6.61 Å². The Morgan fingerprint density at radius 1 is 1.50 bits per heavy atom. The minimum atomic E-state index is -1.50. The van der Waals surface area contributed by atoms with E-state index in [1.165, 1.54) is 39.9 Å². The van der Waals surface area contributed by atoms with Gasteiger partial charge in [-0.05, 0) is 26.7 Å². The second-order valence-electron chi connectivity index (χ2n) is 5.15. The van der Waals surface area contributed by atoms with Crippen molar-refractivity contribution in [1.82, 2.24) is 9.55 Å². The fraction of sp³-hybridized carbons (Fsp3) is 0.667. The number of aliphatic hydroxyl groups is 2. The van der Waals surface area contributed by atoms with Crippen LogP contribution in [-0.4, -0.2) is 38.3 Å². The Labute approximate surface area is 143 Å². The molecule has 10 heteroatoms. The zero-order chi connectivity index (χ0) is 16.8. The summed E-state index contributed by atoms with van der Waals surface area (Å²) in [6, 6.07) is 1.31. The number of aromatic amines is 1. The van der Waals surface area contributed by atoms with Crippen LogP contribution >= 0.6 is 30.4 Å². The summed E-state index contributed by atoms with van der Waals surface area (Å²) in [5.74, 6) is -1.50. The fourth-order valence-corrected chi connectivity index (χ4v) is 2.41. The van der Waals surface area contributed by atoms with Crippen LogP contribution in [0.15, 0.2) is 21.9 Å². The van der Waals surface area contributed by atoms with Crippen molar-refractivity contribution in [3.8, 4) is 0 Å². The maximum absolute atomic E-state index is 11.5. The molecular weight excluding hydrogens is 427 g/mol. The lowest BCUT2D eigenvalue weighted by molar-refractivity contribution is -0.127. The molecule has 0 bridgehead atoms. The zero-order valence-electron chi connectivity index (χ0n) is 12.2. The fourth-order valence-electron chi connectivity index (χ4n) is 1.77. The van der Waals surface area contributed by atoms with Gasteiger partial charge in [0, 0.05) is 33.5 Å². The molecule has 1 aromatic heterocycles. The van der Waals surface area contributed by atoms with Crippen LogP contribution in [0.4, 0.5) is 0 Å². The van der Waals surface area contributed by atoms with Gasteiger partial charge in [0.15, 0.2) is 5.79 Å². The summed E-state index contributed by atoms with van der Waals surface area (Å²) < 4.78 is 12.3. The maximum atomic E-state index is 11.5. The van der Waals surface area contributed by atoms with Gasteiger partial charge in [-0.2, -0.15) is 0 Å². The third-order valence-electron chi connectivity index (χ3n) is 2.55. The lowest BCUT2D eigenvalue weighted by atomic mass is 10.2. The number of hydrogen-bond acceptors (Lipinski definition) is 7. The normalized spacial score (nSPS) is 21.3. The first-order valence-corrected chi connectivity index (χ1v) is 9.81. The first-order valence-electron chi connectivity index (χ1n) is 6.52. The highest BCUT2D eigenvalue weighted by molar-refractivity contribution is 14.2. The number of aromatic nitrogens is 2. The first-order chi connectivity index (χ1) is 10.2. The number of H-pyrrole nitrogens is 1. The molecule has 0 radical (unpaired) electrons. The SMILES string of the molecule is CC(C)(O)O.O=c1ccn(C2CCC(COSI)O2)c(=O)[nH]1. The highest BCUT2D eigenvalue weighted by Gasteiger charge is 2.27. The molecular formula is C12H19IN2O6S. The van der Waals surface area contributed by atoms with E-state index in [9.17, 15) is 9.59 Å². The Hall–Kier alpha value is -0.400. The van der Waals surface area contributed by atoms with Crippen LogP contribution in [-0.2, 0) is 8.92 Å². The smallest absolute Gasteiger partial charge is 0.330 e. The molecule has 22 heavy (non-hydrogen) atoms. The molecule has 0 spiro atoms. The molecule has 2 rings (SSSR count). The van der Waals surface area contributed by atoms with Gasteiger partial charge < -0.3 is 19.1 Å². The van der Waals surface area contributed by atoms with Gasteiger partial charge in [0.05, 0.1) is 21.9 Å². The summed E-state index contributed by atoms with van der Waals surface area (Å²) in [4.78, 5) is 24.7. The molecule has 1 aliphatic rings. The standard InChI is InChI=1S/C9H11IN2O4S.C3H8O2/c10-17-15-5-6-1-2-8(16-6)12-4-3-7(13)11-9(12)14;1-3(2,4)5/h3-4,6,8H,1-2,5H2,(H,11,13,14);4-5H,1-2H3. The largest absolute Gasteiger partial charge is 0.366 e. The van der Waals surface area contributed by atoms with Crippen LogP contribution in [0.5, 0.6) is 0 Å². The molecule has 3 N–H and O–H groups in total.